The van der Waals surface area contributed by atoms with E-state index in [0.29, 0.717) is 25.6 Å². The third-order valence-corrected chi connectivity index (χ3v) is 10.3. The number of likely N-dealkylation sites (N-methyl/N-ethyl adjacent to an activating group) is 2. The number of aliphatic hydroxyl groups is 1. The number of pyridine rings is 2. The van der Waals surface area contributed by atoms with Crippen LogP contribution in [-0.2, 0) is 42.6 Å². The molecule has 22 nitrogen and oxygen atoms in total. The van der Waals surface area contributed by atoms with Crippen molar-refractivity contribution < 1.29 is 66.9 Å². The number of nitrogens with zero attached hydrogens (tertiary/aromatic N) is 7. The summed E-state index contributed by atoms with van der Waals surface area (Å²) in [4.78, 5) is 61.5. The van der Waals surface area contributed by atoms with E-state index in [1.165, 1.54) is 9.80 Å². The molecule has 0 aliphatic carbocycles. The molecule has 2 saturated heterocycles. The van der Waals surface area contributed by atoms with Gasteiger partial charge in [-0.1, -0.05) is 56.0 Å². The van der Waals surface area contributed by atoms with Gasteiger partial charge in [0.1, 0.15) is 41.5 Å². The van der Waals surface area contributed by atoms with E-state index in [1.807, 2.05) is 76.2 Å². The van der Waals surface area contributed by atoms with E-state index < -0.39 is 59.0 Å². The molecular weight excluding hydrogens is 981 g/mol. The molecule has 74 heavy (non-hydrogen) atoms. The first-order valence-corrected chi connectivity index (χ1v) is 23.3. The number of hydrogen-bond donors (Lipinski definition) is 2. The molecule has 4 aromatic rings. The van der Waals surface area contributed by atoms with Crippen molar-refractivity contribution in [3.8, 4) is 0 Å². The molecule has 2 aromatic heterocycles. The van der Waals surface area contributed by atoms with E-state index in [-0.39, 0.29) is 71.9 Å². The molecule has 2 aliphatic rings. The maximum Gasteiger partial charge on any atom is 0.412 e. The lowest BCUT2D eigenvalue weighted by molar-refractivity contribution is -0.146. The molecule has 2 aliphatic heterocycles. The number of aromatic nitrogens is 2. The summed E-state index contributed by atoms with van der Waals surface area (Å²) >= 11 is 0. The molecule has 410 valence electrons. The summed E-state index contributed by atoms with van der Waals surface area (Å²) < 4.78 is 49.8. The predicted molar refractivity (Wildman–Crippen MR) is 283 cm³/mol. The van der Waals surface area contributed by atoms with Gasteiger partial charge in [0.25, 0.3) is 5.91 Å². The van der Waals surface area contributed by atoms with Gasteiger partial charge >= 0.3 is 18.3 Å². The summed E-state index contributed by atoms with van der Waals surface area (Å²) in [7, 11) is 3.16. The molecule has 0 bridgehead atoms. The van der Waals surface area contributed by atoms with E-state index in [4.69, 9.17) is 48.2 Å². The number of fused-ring (bicyclic) bond motifs is 2. The van der Waals surface area contributed by atoms with Gasteiger partial charge in [0, 0.05) is 42.2 Å². The standard InChI is InChI=1S/C25H35N3O7.C15H29NO6.C10H6N4O.CH4.H2S/c1-24(2,3)35-23(30)28(6)19(13-31-15-20-16-33-25(4,5)34-20)14-32-22(29)27-21-11-17-9-7-8-10-18(17)12-26-21;1-14(2,3)22-13(18)16(6)11(7-17)8-19-9-12-10-20-15(4,5)21-12;11-14-13-10(15)9-5-7-3-1-2-4-8(7)6-12-9;;/h7-12,19-20H,13-16H2,1-6H3,(H,26,27,29);11-12,17H,7-10H2,1-6H3;1-6H;1H4;1H2/t19-,20+;11-,12-;;;/m01.../s1. The minimum Gasteiger partial charge on any atom is -0.447 e. The van der Waals surface area contributed by atoms with Crippen LogP contribution in [0.1, 0.15) is 87.2 Å². The summed E-state index contributed by atoms with van der Waals surface area (Å²) in [6, 6.07) is 17.5. The number of anilines is 1. The lowest BCUT2D eigenvalue weighted by Gasteiger charge is -2.30. The number of amides is 4. The van der Waals surface area contributed by atoms with Crippen LogP contribution in [0, 0.1) is 0 Å². The van der Waals surface area contributed by atoms with Crippen molar-refractivity contribution >= 4 is 65.0 Å². The highest BCUT2D eigenvalue weighted by atomic mass is 32.1. The molecule has 23 heteroatoms. The van der Waals surface area contributed by atoms with Crippen molar-refractivity contribution in [2.24, 2.45) is 5.11 Å². The lowest BCUT2D eigenvalue weighted by Crippen LogP contribution is -2.46. The molecule has 4 heterocycles. The van der Waals surface area contributed by atoms with Crippen molar-refractivity contribution in [1.82, 2.24) is 19.8 Å². The summed E-state index contributed by atoms with van der Waals surface area (Å²) in [5.74, 6) is -1.54. The normalized spacial score (nSPS) is 17.2. The zero-order valence-corrected chi connectivity index (χ0v) is 44.8. The first-order chi connectivity index (χ1) is 33.8. The molecular formula is C51H76N8O14S. The van der Waals surface area contributed by atoms with Gasteiger partial charge in [0.2, 0.25) is 0 Å². The summed E-state index contributed by atoms with van der Waals surface area (Å²) in [6.45, 7) is 19.6. The second kappa shape index (κ2) is 29.3. The van der Waals surface area contributed by atoms with Crippen molar-refractivity contribution in [3.05, 3.63) is 89.2 Å². The molecule has 6 rings (SSSR count). The number of carbonyl (C=O) groups is 4. The molecule has 0 radical (unpaired) electrons. The van der Waals surface area contributed by atoms with E-state index >= 15 is 0 Å². The summed E-state index contributed by atoms with van der Waals surface area (Å²) in [6.07, 6.45) is 1.17. The average molecular weight is 1060 g/mol. The van der Waals surface area contributed by atoms with Crippen LogP contribution in [0.5, 0.6) is 0 Å². The highest BCUT2D eigenvalue weighted by Gasteiger charge is 2.35. The maximum atomic E-state index is 12.6. The minimum atomic E-state index is -0.690. The van der Waals surface area contributed by atoms with Gasteiger partial charge in [-0.05, 0) is 103 Å². The third-order valence-electron chi connectivity index (χ3n) is 10.3. The Labute approximate surface area is 440 Å². The number of rotatable bonds is 15. The molecule has 4 amide bonds. The molecule has 2 N–H and O–H groups in total. The Balaban J connectivity index is 0.000000411. The van der Waals surface area contributed by atoms with Gasteiger partial charge in [0.05, 0.1) is 58.3 Å². The molecule has 0 spiro atoms. The van der Waals surface area contributed by atoms with Crippen LogP contribution in [0.15, 0.2) is 78.2 Å². The first-order valence-electron chi connectivity index (χ1n) is 23.3. The van der Waals surface area contributed by atoms with Crippen LogP contribution in [0.4, 0.5) is 20.2 Å². The van der Waals surface area contributed by atoms with E-state index in [0.717, 1.165) is 21.5 Å². The average Bonchev–Trinajstić information content (AvgIpc) is 3.85. The maximum absolute atomic E-state index is 12.6. The van der Waals surface area contributed by atoms with Crippen LogP contribution in [0.25, 0.3) is 32.0 Å². The lowest BCUT2D eigenvalue weighted by atomic mass is 10.1. The Hall–Kier alpha value is -5.88. The Morgan fingerprint density at radius 3 is 1.65 bits per heavy atom. The van der Waals surface area contributed by atoms with Crippen LogP contribution in [0.3, 0.4) is 0 Å². The fraction of sp³-hybridized carbons (Fsp3) is 0.569. The van der Waals surface area contributed by atoms with Crippen molar-refractivity contribution in [1.29, 1.82) is 0 Å². The minimum absolute atomic E-state index is 0. The fourth-order valence-corrected chi connectivity index (χ4v) is 6.64. The Morgan fingerprint density at radius 1 is 0.757 bits per heavy atom. The topological polar surface area (TPSA) is 265 Å². The zero-order chi connectivity index (χ0) is 53.3. The van der Waals surface area contributed by atoms with Crippen LogP contribution in [0.2, 0.25) is 0 Å². The Bertz CT molecular complexity index is 2480. The first kappa shape index (κ1) is 64.2. The van der Waals surface area contributed by atoms with Crippen LogP contribution in [-0.4, -0.2) is 163 Å². The van der Waals surface area contributed by atoms with Gasteiger partial charge in [-0.3, -0.25) is 15.1 Å². The Morgan fingerprint density at radius 2 is 1.20 bits per heavy atom. The molecule has 2 fully saturated rings. The smallest absolute Gasteiger partial charge is 0.412 e. The summed E-state index contributed by atoms with van der Waals surface area (Å²) in [5, 5.41) is 18.8. The van der Waals surface area contributed by atoms with Crippen LogP contribution >= 0.6 is 13.5 Å². The highest BCUT2D eigenvalue weighted by molar-refractivity contribution is 7.59. The van der Waals surface area contributed by atoms with Crippen LogP contribution < -0.4 is 5.32 Å². The third kappa shape index (κ3) is 22.3. The zero-order valence-electron chi connectivity index (χ0n) is 43.8. The fourth-order valence-electron chi connectivity index (χ4n) is 6.64. The van der Waals surface area contributed by atoms with E-state index in [1.54, 1.807) is 80.2 Å². The van der Waals surface area contributed by atoms with Gasteiger partial charge in [-0.2, -0.15) is 13.5 Å². The second-order valence-corrected chi connectivity index (χ2v) is 19.7. The number of carbonyl (C=O) groups excluding carboxylic acids is 4. The highest BCUT2D eigenvalue weighted by Crippen LogP contribution is 2.24. The van der Waals surface area contributed by atoms with E-state index in [2.05, 4.69) is 25.3 Å². The van der Waals surface area contributed by atoms with Gasteiger partial charge in [0.15, 0.2) is 11.6 Å². The van der Waals surface area contributed by atoms with Gasteiger partial charge in [-0.25, -0.2) is 19.4 Å². The number of azide groups is 1. The SMILES string of the molecule is C.CN(C(=O)OC(C)(C)C)[C@@H](COC[C@@H]1COC(C)(C)O1)COC(=O)Nc1cc2ccccc2cn1.CN(C(=O)OC(C)(C)C)[C@H](CO)COC[C@@H]1COC(C)(C)O1.S.[N-]=[N+]=NC(=O)c1cc2ccccc2cn1. The molecule has 4 atom stereocenters. The van der Waals surface area contributed by atoms with E-state index in [9.17, 15) is 24.3 Å². The number of aliphatic hydroxyl groups excluding tert-OH is 1. The van der Waals surface area contributed by atoms with Gasteiger partial charge < -0.3 is 57.5 Å². The predicted octanol–water partition coefficient (Wildman–Crippen LogP) is 9.00. The number of benzene rings is 2. The quantitative estimate of drug-likeness (QED) is 0.0487. The second-order valence-electron chi connectivity index (χ2n) is 19.7. The monoisotopic (exact) mass is 1060 g/mol. The number of nitrogens with one attached hydrogen (secondary N) is 1. The number of hydrogen-bond acceptors (Lipinski definition) is 16. The largest absolute Gasteiger partial charge is 0.447 e. The Kier molecular flexibility index (Phi) is 25.4. The van der Waals surface area contributed by atoms with Crippen molar-refractivity contribution in [2.45, 2.75) is 124 Å². The summed E-state index contributed by atoms with van der Waals surface area (Å²) in [5.41, 5.74) is 7.03. The number of ether oxygens (including phenoxy) is 9. The van der Waals surface area contributed by atoms with Gasteiger partial charge in [-0.15, -0.1) is 0 Å². The molecule has 2 aromatic carbocycles. The molecule has 0 saturated carbocycles. The molecule has 0 unspecified atom stereocenters. The van der Waals surface area contributed by atoms with Crippen molar-refractivity contribution in [3.63, 3.8) is 0 Å². The van der Waals surface area contributed by atoms with Crippen molar-refractivity contribution in [2.75, 3.05) is 72.3 Å².